The summed E-state index contributed by atoms with van der Waals surface area (Å²) in [4.78, 5) is 18.9. The lowest BCUT2D eigenvalue weighted by Gasteiger charge is -2.14. The average Bonchev–Trinajstić information content (AvgIpc) is 2.63. The van der Waals surface area contributed by atoms with Crippen LogP contribution < -0.4 is 11.1 Å². The Morgan fingerprint density at radius 3 is 2.88 bits per heavy atom. The van der Waals surface area contributed by atoms with Crippen molar-refractivity contribution in [3.05, 3.63) is 17.7 Å². The number of carbonyl (C=O) groups is 1. The molecule has 5 nitrogen and oxygen atoms in total. The van der Waals surface area contributed by atoms with Crippen molar-refractivity contribution in [1.29, 1.82) is 0 Å². The molecule has 0 bridgehead atoms. The van der Waals surface area contributed by atoms with Crippen LogP contribution in [-0.4, -0.2) is 15.9 Å². The zero-order valence-electron chi connectivity index (χ0n) is 9.09. The molecule has 2 heterocycles. The summed E-state index contributed by atoms with van der Waals surface area (Å²) in [5.74, 6) is 0.408. The summed E-state index contributed by atoms with van der Waals surface area (Å²) in [6.45, 7) is 3.80. The van der Waals surface area contributed by atoms with Gasteiger partial charge in [-0.3, -0.25) is 4.79 Å². The van der Waals surface area contributed by atoms with Gasteiger partial charge < -0.3 is 16.0 Å². The van der Waals surface area contributed by atoms with E-state index in [1.807, 2.05) is 26.0 Å². The molecule has 1 aliphatic rings. The highest BCUT2D eigenvalue weighted by molar-refractivity contribution is 6.07. The van der Waals surface area contributed by atoms with Gasteiger partial charge in [0.25, 0.3) is 0 Å². The van der Waals surface area contributed by atoms with E-state index in [9.17, 15) is 4.79 Å². The Bertz CT molecular complexity index is 612. The molecule has 0 saturated carbocycles. The van der Waals surface area contributed by atoms with Crippen LogP contribution in [0, 0.1) is 0 Å². The van der Waals surface area contributed by atoms with E-state index < -0.39 is 5.41 Å². The van der Waals surface area contributed by atoms with Crippen LogP contribution in [0.1, 0.15) is 19.4 Å². The molecule has 0 radical (unpaired) electrons. The number of anilines is 2. The van der Waals surface area contributed by atoms with Crippen molar-refractivity contribution in [2.45, 2.75) is 19.3 Å². The van der Waals surface area contributed by atoms with Crippen LogP contribution in [0.4, 0.5) is 11.6 Å². The van der Waals surface area contributed by atoms with E-state index in [0.29, 0.717) is 5.95 Å². The molecular weight excluding hydrogens is 204 g/mol. The summed E-state index contributed by atoms with van der Waals surface area (Å²) in [6.07, 6.45) is 0. The quantitative estimate of drug-likeness (QED) is 0.622. The largest absolute Gasteiger partial charge is 0.369 e. The molecule has 0 saturated heterocycles. The van der Waals surface area contributed by atoms with Gasteiger partial charge in [-0.25, -0.2) is 4.98 Å². The number of fused-ring (bicyclic) bond motifs is 2. The van der Waals surface area contributed by atoms with Gasteiger partial charge in [-0.05, 0) is 31.5 Å². The Hall–Kier alpha value is -2.04. The van der Waals surface area contributed by atoms with Crippen LogP contribution in [0.3, 0.4) is 0 Å². The smallest absolute Gasteiger partial charge is 0.234 e. The Morgan fingerprint density at radius 1 is 1.38 bits per heavy atom. The number of carbonyl (C=O) groups excluding carboxylic acids is 1. The van der Waals surface area contributed by atoms with Crippen LogP contribution in [0.5, 0.6) is 0 Å². The zero-order valence-corrected chi connectivity index (χ0v) is 9.09. The van der Waals surface area contributed by atoms with Gasteiger partial charge in [-0.2, -0.15) is 0 Å². The summed E-state index contributed by atoms with van der Waals surface area (Å²) < 4.78 is 0. The fourth-order valence-electron chi connectivity index (χ4n) is 2.10. The standard InChI is InChI=1S/C11H12N4O/c1-11(2)5-3-7-8(15-10(12)14-7)4-6(5)13-9(11)16/h3-4H,1-2H3,(H,13,16)(H3,12,14,15). The molecule has 1 aromatic heterocycles. The maximum absolute atomic E-state index is 11.8. The molecule has 82 valence electrons. The molecule has 0 spiro atoms. The molecule has 5 heteroatoms. The number of nitrogen functional groups attached to an aromatic ring is 1. The van der Waals surface area contributed by atoms with Crippen LogP contribution in [0.2, 0.25) is 0 Å². The minimum Gasteiger partial charge on any atom is -0.369 e. The molecular formula is C11H12N4O. The number of H-pyrrole nitrogens is 1. The van der Waals surface area contributed by atoms with E-state index in [1.165, 1.54) is 0 Å². The maximum atomic E-state index is 11.8. The lowest BCUT2D eigenvalue weighted by Crippen LogP contribution is -2.26. The number of nitrogens with zero attached hydrogens (tertiary/aromatic N) is 1. The number of amides is 1. The molecule has 1 amide bonds. The van der Waals surface area contributed by atoms with Crippen molar-refractivity contribution in [2.75, 3.05) is 11.1 Å². The van der Waals surface area contributed by atoms with Crippen LogP contribution in [0.25, 0.3) is 11.0 Å². The van der Waals surface area contributed by atoms with Gasteiger partial charge >= 0.3 is 0 Å². The van der Waals surface area contributed by atoms with E-state index in [2.05, 4.69) is 15.3 Å². The number of nitrogens with two attached hydrogens (primary N) is 1. The monoisotopic (exact) mass is 216 g/mol. The van der Waals surface area contributed by atoms with Crippen LogP contribution in [-0.2, 0) is 10.2 Å². The molecule has 1 aromatic carbocycles. The van der Waals surface area contributed by atoms with E-state index >= 15 is 0 Å². The van der Waals surface area contributed by atoms with E-state index in [4.69, 9.17) is 5.73 Å². The minimum absolute atomic E-state index is 0.0168. The normalized spacial score (nSPS) is 17.5. The predicted molar refractivity (Wildman–Crippen MR) is 62.2 cm³/mol. The number of imidazole rings is 1. The molecule has 0 unspecified atom stereocenters. The van der Waals surface area contributed by atoms with Crippen LogP contribution in [0.15, 0.2) is 12.1 Å². The third-order valence-electron chi connectivity index (χ3n) is 3.13. The SMILES string of the molecule is CC1(C)C(=O)Nc2cc3[nH]c(N)nc3cc21. The number of hydrogen-bond donors (Lipinski definition) is 3. The predicted octanol–water partition coefficient (Wildman–Crippen LogP) is 1.37. The topological polar surface area (TPSA) is 83.8 Å². The lowest BCUT2D eigenvalue weighted by atomic mass is 9.86. The van der Waals surface area contributed by atoms with Crippen molar-refractivity contribution >= 4 is 28.6 Å². The van der Waals surface area contributed by atoms with Crippen molar-refractivity contribution in [2.24, 2.45) is 0 Å². The second-order valence-electron chi connectivity index (χ2n) is 4.62. The van der Waals surface area contributed by atoms with Gasteiger partial charge in [0.1, 0.15) is 0 Å². The van der Waals surface area contributed by atoms with Gasteiger partial charge in [0.2, 0.25) is 5.91 Å². The molecule has 0 aliphatic carbocycles. The summed E-state index contributed by atoms with van der Waals surface area (Å²) in [6, 6.07) is 3.79. The summed E-state index contributed by atoms with van der Waals surface area (Å²) in [7, 11) is 0. The third-order valence-corrected chi connectivity index (χ3v) is 3.13. The molecule has 16 heavy (non-hydrogen) atoms. The number of benzene rings is 1. The Kier molecular flexibility index (Phi) is 1.47. The zero-order chi connectivity index (χ0) is 11.5. The summed E-state index contributed by atoms with van der Waals surface area (Å²) in [5, 5.41) is 2.86. The van der Waals surface area contributed by atoms with Gasteiger partial charge in [-0.1, -0.05) is 0 Å². The second kappa shape index (κ2) is 2.55. The van der Waals surface area contributed by atoms with Crippen LogP contribution >= 0.6 is 0 Å². The average molecular weight is 216 g/mol. The number of nitrogens with one attached hydrogen (secondary N) is 2. The van der Waals surface area contributed by atoms with Crippen molar-refractivity contribution in [3.63, 3.8) is 0 Å². The Balaban J connectivity index is 2.33. The first kappa shape index (κ1) is 9.21. The molecule has 3 rings (SSSR count). The van der Waals surface area contributed by atoms with Crippen molar-refractivity contribution in [3.8, 4) is 0 Å². The highest BCUT2D eigenvalue weighted by Gasteiger charge is 2.38. The summed E-state index contributed by atoms with van der Waals surface area (Å²) >= 11 is 0. The molecule has 2 aromatic rings. The number of hydrogen-bond acceptors (Lipinski definition) is 3. The molecule has 1 aliphatic heterocycles. The molecule has 0 fully saturated rings. The number of aromatic amines is 1. The van der Waals surface area contributed by atoms with E-state index in [-0.39, 0.29) is 5.91 Å². The second-order valence-corrected chi connectivity index (χ2v) is 4.62. The molecule has 4 N–H and O–H groups in total. The minimum atomic E-state index is -0.503. The highest BCUT2D eigenvalue weighted by atomic mass is 16.2. The van der Waals surface area contributed by atoms with E-state index in [1.54, 1.807) is 0 Å². The van der Waals surface area contributed by atoms with Gasteiger partial charge in [0, 0.05) is 5.69 Å². The number of rotatable bonds is 0. The first-order valence-corrected chi connectivity index (χ1v) is 5.09. The van der Waals surface area contributed by atoms with E-state index in [0.717, 1.165) is 22.3 Å². The molecule has 0 atom stereocenters. The number of aromatic nitrogens is 2. The first-order chi connectivity index (χ1) is 7.48. The third kappa shape index (κ3) is 0.997. The lowest BCUT2D eigenvalue weighted by molar-refractivity contribution is -0.119. The first-order valence-electron chi connectivity index (χ1n) is 5.09. The Morgan fingerprint density at radius 2 is 2.12 bits per heavy atom. The Labute approximate surface area is 92.0 Å². The maximum Gasteiger partial charge on any atom is 0.234 e. The summed E-state index contributed by atoms with van der Waals surface area (Å²) in [5.41, 5.74) is 8.53. The fourth-order valence-corrected chi connectivity index (χ4v) is 2.10. The van der Waals surface area contributed by atoms with Crippen molar-refractivity contribution < 1.29 is 4.79 Å². The van der Waals surface area contributed by atoms with Gasteiger partial charge in [0.15, 0.2) is 5.95 Å². The van der Waals surface area contributed by atoms with Gasteiger partial charge in [-0.15, -0.1) is 0 Å². The van der Waals surface area contributed by atoms with Crippen molar-refractivity contribution in [1.82, 2.24) is 9.97 Å². The van der Waals surface area contributed by atoms with Gasteiger partial charge in [0.05, 0.1) is 16.4 Å². The highest BCUT2D eigenvalue weighted by Crippen LogP contribution is 2.39. The fraction of sp³-hybridized carbons (Fsp3) is 0.273.